The second-order valence-corrected chi connectivity index (χ2v) is 5.71. The normalized spacial score (nSPS) is 10.0. The Labute approximate surface area is 156 Å². The molecule has 138 valence electrons. The van der Waals surface area contributed by atoms with Gasteiger partial charge in [-0.1, -0.05) is 17.7 Å². The molecule has 0 unspecified atom stereocenters. The van der Waals surface area contributed by atoms with Crippen LogP contribution < -0.4 is 24.8 Å². The van der Waals surface area contributed by atoms with Gasteiger partial charge < -0.3 is 24.8 Å². The van der Waals surface area contributed by atoms with E-state index in [1.165, 1.54) is 33.5 Å². The van der Waals surface area contributed by atoms with E-state index >= 15 is 0 Å². The minimum Gasteiger partial charge on any atom is -0.495 e. The largest absolute Gasteiger partial charge is 0.495 e. The molecule has 0 saturated heterocycles. The lowest BCUT2D eigenvalue weighted by Crippen LogP contribution is -2.29. The summed E-state index contributed by atoms with van der Waals surface area (Å²) in [5.41, 5.74) is 1.56. The maximum absolute atomic E-state index is 12.3. The van der Waals surface area contributed by atoms with E-state index in [1.54, 1.807) is 12.1 Å². The van der Waals surface area contributed by atoms with Gasteiger partial charge >= 0.3 is 11.8 Å². The molecule has 0 atom stereocenters. The first-order chi connectivity index (χ1) is 12.4. The second kappa shape index (κ2) is 8.44. The summed E-state index contributed by atoms with van der Waals surface area (Å²) in [4.78, 5) is 24.5. The van der Waals surface area contributed by atoms with Crippen LogP contribution in [0.4, 0.5) is 11.4 Å². The van der Waals surface area contributed by atoms with Crippen LogP contribution in [-0.2, 0) is 9.59 Å². The summed E-state index contributed by atoms with van der Waals surface area (Å²) >= 11 is 6.02. The van der Waals surface area contributed by atoms with E-state index in [-0.39, 0.29) is 5.69 Å². The number of ether oxygens (including phenoxy) is 3. The molecule has 2 aromatic rings. The van der Waals surface area contributed by atoms with Crippen molar-refractivity contribution in [2.75, 3.05) is 32.0 Å². The highest BCUT2D eigenvalue weighted by molar-refractivity contribution is 6.44. The highest BCUT2D eigenvalue weighted by Crippen LogP contribution is 2.35. The average molecular weight is 379 g/mol. The van der Waals surface area contributed by atoms with E-state index in [4.69, 9.17) is 25.8 Å². The number of benzene rings is 2. The van der Waals surface area contributed by atoms with E-state index in [1.807, 2.05) is 13.0 Å². The Kier molecular flexibility index (Phi) is 6.30. The quantitative estimate of drug-likeness (QED) is 0.780. The predicted molar refractivity (Wildman–Crippen MR) is 99.5 cm³/mol. The van der Waals surface area contributed by atoms with Crippen LogP contribution in [0.15, 0.2) is 30.3 Å². The van der Waals surface area contributed by atoms with Crippen molar-refractivity contribution in [3.05, 3.63) is 40.9 Å². The lowest BCUT2D eigenvalue weighted by Gasteiger charge is -2.14. The third-order valence-electron chi connectivity index (χ3n) is 3.53. The SMILES string of the molecule is COc1cc(NC(=O)C(=O)Nc2cc(C)ccc2OC)c(OC)cc1Cl. The molecule has 0 aliphatic carbocycles. The molecule has 0 bridgehead atoms. The van der Waals surface area contributed by atoms with Gasteiger partial charge in [0, 0.05) is 12.1 Å². The van der Waals surface area contributed by atoms with E-state index in [9.17, 15) is 9.59 Å². The van der Waals surface area contributed by atoms with Crippen molar-refractivity contribution in [2.24, 2.45) is 0 Å². The summed E-state index contributed by atoms with van der Waals surface area (Å²) < 4.78 is 15.5. The Morgan fingerprint density at radius 3 is 1.88 bits per heavy atom. The van der Waals surface area contributed by atoms with Crippen LogP contribution in [-0.4, -0.2) is 33.1 Å². The Hall–Kier alpha value is -2.93. The van der Waals surface area contributed by atoms with Crippen LogP contribution in [0.1, 0.15) is 5.56 Å². The molecule has 8 heteroatoms. The second-order valence-electron chi connectivity index (χ2n) is 5.30. The molecular weight excluding hydrogens is 360 g/mol. The maximum atomic E-state index is 12.3. The van der Waals surface area contributed by atoms with Gasteiger partial charge in [-0.3, -0.25) is 9.59 Å². The number of methoxy groups -OCH3 is 3. The average Bonchev–Trinajstić information content (AvgIpc) is 2.62. The monoisotopic (exact) mass is 378 g/mol. The summed E-state index contributed by atoms with van der Waals surface area (Å²) in [6.07, 6.45) is 0. The Morgan fingerprint density at radius 1 is 0.808 bits per heavy atom. The Bertz CT molecular complexity index is 839. The fourth-order valence-corrected chi connectivity index (χ4v) is 2.47. The van der Waals surface area contributed by atoms with E-state index in [0.29, 0.717) is 28.0 Å². The lowest BCUT2D eigenvalue weighted by molar-refractivity contribution is -0.133. The summed E-state index contributed by atoms with van der Waals surface area (Å²) in [5.74, 6) is -0.655. The molecule has 0 fully saturated rings. The minimum absolute atomic E-state index is 0.255. The number of rotatable bonds is 5. The fourth-order valence-electron chi connectivity index (χ4n) is 2.24. The zero-order valence-electron chi connectivity index (χ0n) is 14.8. The molecule has 2 amide bonds. The number of halogens is 1. The van der Waals surface area contributed by atoms with Gasteiger partial charge in [-0.2, -0.15) is 0 Å². The molecule has 0 saturated carbocycles. The summed E-state index contributed by atoms with van der Waals surface area (Å²) in [6, 6.07) is 8.20. The van der Waals surface area contributed by atoms with Crippen molar-refractivity contribution in [3.63, 3.8) is 0 Å². The number of aryl methyl sites for hydroxylation is 1. The number of hydrogen-bond acceptors (Lipinski definition) is 5. The van der Waals surface area contributed by atoms with Gasteiger partial charge in [0.05, 0.1) is 37.7 Å². The van der Waals surface area contributed by atoms with Crippen molar-refractivity contribution < 1.29 is 23.8 Å². The highest BCUT2D eigenvalue weighted by Gasteiger charge is 2.19. The first-order valence-corrected chi connectivity index (χ1v) is 7.96. The van der Waals surface area contributed by atoms with Crippen LogP contribution in [0.3, 0.4) is 0 Å². The zero-order valence-corrected chi connectivity index (χ0v) is 15.6. The fraction of sp³-hybridized carbons (Fsp3) is 0.222. The third kappa shape index (κ3) is 4.37. The number of carbonyl (C=O) groups is 2. The number of nitrogens with one attached hydrogen (secondary N) is 2. The molecule has 2 aromatic carbocycles. The van der Waals surface area contributed by atoms with Crippen LogP contribution in [0.5, 0.6) is 17.2 Å². The van der Waals surface area contributed by atoms with Gasteiger partial charge in [-0.25, -0.2) is 0 Å². The highest BCUT2D eigenvalue weighted by atomic mass is 35.5. The zero-order chi connectivity index (χ0) is 19.3. The number of amides is 2. The summed E-state index contributed by atoms with van der Waals surface area (Å²) in [6.45, 7) is 1.86. The predicted octanol–water partition coefficient (Wildman–Crippen LogP) is 3.25. The molecule has 2 rings (SSSR count). The maximum Gasteiger partial charge on any atom is 0.314 e. The summed E-state index contributed by atoms with van der Waals surface area (Å²) in [7, 11) is 4.34. The van der Waals surface area contributed by atoms with Gasteiger partial charge in [-0.15, -0.1) is 0 Å². The molecule has 7 nitrogen and oxygen atoms in total. The molecule has 0 radical (unpaired) electrons. The van der Waals surface area contributed by atoms with Gasteiger partial charge in [0.15, 0.2) is 0 Å². The Morgan fingerprint density at radius 2 is 1.35 bits per heavy atom. The minimum atomic E-state index is -0.878. The van der Waals surface area contributed by atoms with Crippen molar-refractivity contribution in [1.29, 1.82) is 0 Å². The first-order valence-electron chi connectivity index (χ1n) is 7.58. The van der Waals surface area contributed by atoms with Crippen molar-refractivity contribution >= 4 is 34.8 Å². The van der Waals surface area contributed by atoms with Crippen LogP contribution in [0, 0.1) is 6.92 Å². The molecular formula is C18H19ClN2O5. The molecule has 0 heterocycles. The van der Waals surface area contributed by atoms with Gasteiger partial charge in [0.25, 0.3) is 0 Å². The molecule has 0 spiro atoms. The van der Waals surface area contributed by atoms with Crippen LogP contribution >= 0.6 is 11.6 Å². The lowest BCUT2D eigenvalue weighted by atomic mass is 10.2. The molecule has 2 N–H and O–H groups in total. The van der Waals surface area contributed by atoms with Gasteiger partial charge in [-0.05, 0) is 24.6 Å². The van der Waals surface area contributed by atoms with E-state index in [2.05, 4.69) is 10.6 Å². The smallest absolute Gasteiger partial charge is 0.314 e. The Balaban J connectivity index is 2.20. The van der Waals surface area contributed by atoms with E-state index < -0.39 is 11.8 Å². The molecule has 26 heavy (non-hydrogen) atoms. The number of carbonyl (C=O) groups excluding carboxylic acids is 2. The molecule has 0 aromatic heterocycles. The van der Waals surface area contributed by atoms with Crippen LogP contribution in [0.2, 0.25) is 5.02 Å². The first kappa shape index (κ1) is 19.4. The van der Waals surface area contributed by atoms with Crippen LogP contribution in [0.25, 0.3) is 0 Å². The van der Waals surface area contributed by atoms with Crippen molar-refractivity contribution in [2.45, 2.75) is 6.92 Å². The number of hydrogen-bond donors (Lipinski definition) is 2. The van der Waals surface area contributed by atoms with Crippen molar-refractivity contribution in [1.82, 2.24) is 0 Å². The third-order valence-corrected chi connectivity index (χ3v) is 3.83. The van der Waals surface area contributed by atoms with Gasteiger partial charge in [0.2, 0.25) is 0 Å². The molecule has 0 aliphatic rings. The number of anilines is 2. The van der Waals surface area contributed by atoms with E-state index in [0.717, 1.165) is 5.56 Å². The van der Waals surface area contributed by atoms with Crippen molar-refractivity contribution in [3.8, 4) is 17.2 Å². The standard InChI is InChI=1S/C18H19ClN2O5/c1-10-5-6-14(24-2)12(7-10)20-17(22)18(23)21-13-9-15(25-3)11(19)8-16(13)26-4/h5-9H,1-4H3,(H,20,22)(H,21,23). The molecule has 0 aliphatic heterocycles. The van der Waals surface area contributed by atoms with Gasteiger partial charge in [0.1, 0.15) is 17.2 Å². The summed E-state index contributed by atoms with van der Waals surface area (Å²) in [5, 5.41) is 5.32. The topological polar surface area (TPSA) is 85.9 Å².